The summed E-state index contributed by atoms with van der Waals surface area (Å²) in [5.41, 5.74) is 0. The predicted molar refractivity (Wildman–Crippen MR) is 358 cm³/mol. The van der Waals surface area contributed by atoms with Crippen molar-refractivity contribution in [3.8, 4) is 0 Å². The summed E-state index contributed by atoms with van der Waals surface area (Å²) < 4.78 is 68.3. The van der Waals surface area contributed by atoms with Crippen molar-refractivity contribution in [2.24, 2.45) is 23.7 Å². The largest absolute Gasteiger partial charge is 0.472 e. The Balaban J connectivity index is 5.27. The standard InChI is InChI=1S/C70H136O17P2/c1-9-62(7)48-40-32-24-17-14-15-18-25-34-42-50-67(72)80-56-65(86-69(74)52-44-36-26-19-13-11-12-16-22-30-38-46-60(3)4)58-84-88(76,77)82-54-64(71)55-83-89(78,79)85-59-66(57-81-68(73)51-43-35-29-28-33-41-49-63(8)10-2)87-70(75)53-45-37-27-21-20-23-31-39-47-61(5)6/h60-66,71H,9-59H2,1-8H3,(H,76,77)(H,78,79)/t62?,63?,64-,65-,66-/m1/s1. The van der Waals surface area contributed by atoms with Crippen LogP contribution in [0.5, 0.6) is 0 Å². The third-order valence-electron chi connectivity index (χ3n) is 16.8. The molecule has 0 rings (SSSR count). The lowest BCUT2D eigenvalue weighted by Gasteiger charge is -2.21. The van der Waals surface area contributed by atoms with Crippen molar-refractivity contribution in [1.29, 1.82) is 0 Å². The Kier molecular flexibility index (Phi) is 58.5. The summed E-state index contributed by atoms with van der Waals surface area (Å²) in [5.74, 6) is 0.893. The minimum atomic E-state index is -4.95. The van der Waals surface area contributed by atoms with Gasteiger partial charge in [0.2, 0.25) is 0 Å². The normalized spacial score (nSPS) is 14.9. The second-order valence-corrected chi connectivity index (χ2v) is 29.6. The molecule has 0 aromatic heterocycles. The predicted octanol–water partition coefficient (Wildman–Crippen LogP) is 19.7. The van der Waals surface area contributed by atoms with E-state index in [2.05, 4.69) is 55.4 Å². The van der Waals surface area contributed by atoms with Gasteiger partial charge in [0.25, 0.3) is 0 Å². The first-order chi connectivity index (χ1) is 42.7. The van der Waals surface area contributed by atoms with E-state index >= 15 is 0 Å². The van der Waals surface area contributed by atoms with Crippen molar-refractivity contribution >= 4 is 39.5 Å². The molecule has 0 saturated carbocycles. The van der Waals surface area contributed by atoms with Gasteiger partial charge in [-0.25, -0.2) is 9.13 Å². The molecule has 0 aliphatic carbocycles. The number of phosphoric acid groups is 2. The molecule has 0 aliphatic heterocycles. The van der Waals surface area contributed by atoms with Crippen molar-refractivity contribution in [2.75, 3.05) is 39.6 Å². The minimum absolute atomic E-state index is 0.103. The lowest BCUT2D eigenvalue weighted by Crippen LogP contribution is -2.30. The highest BCUT2D eigenvalue weighted by Crippen LogP contribution is 2.45. The molecule has 0 heterocycles. The van der Waals surface area contributed by atoms with Gasteiger partial charge in [0, 0.05) is 25.7 Å². The van der Waals surface area contributed by atoms with E-state index in [4.69, 9.17) is 37.0 Å². The summed E-state index contributed by atoms with van der Waals surface area (Å²) in [5, 5.41) is 10.6. The van der Waals surface area contributed by atoms with Gasteiger partial charge in [0.1, 0.15) is 19.3 Å². The van der Waals surface area contributed by atoms with Crippen LogP contribution in [-0.4, -0.2) is 96.7 Å². The van der Waals surface area contributed by atoms with Crippen LogP contribution in [0.2, 0.25) is 0 Å². The summed E-state index contributed by atoms with van der Waals surface area (Å²) in [4.78, 5) is 72.5. The van der Waals surface area contributed by atoms with E-state index in [1.165, 1.54) is 141 Å². The molecule has 19 heteroatoms. The van der Waals surface area contributed by atoms with Gasteiger partial charge in [0.15, 0.2) is 12.2 Å². The number of hydrogen-bond donors (Lipinski definition) is 3. The van der Waals surface area contributed by atoms with Crippen LogP contribution in [0, 0.1) is 23.7 Å². The van der Waals surface area contributed by atoms with Crippen LogP contribution in [0.1, 0.15) is 344 Å². The van der Waals surface area contributed by atoms with Gasteiger partial charge in [-0.05, 0) is 49.4 Å². The highest BCUT2D eigenvalue weighted by Gasteiger charge is 2.30. The summed E-state index contributed by atoms with van der Waals surface area (Å²) in [6.07, 6.45) is 41.6. The fraction of sp³-hybridized carbons (Fsp3) is 0.943. The molecule has 89 heavy (non-hydrogen) atoms. The summed E-state index contributed by atoms with van der Waals surface area (Å²) >= 11 is 0. The van der Waals surface area contributed by atoms with Gasteiger partial charge in [0.05, 0.1) is 26.4 Å². The molecule has 0 fully saturated rings. The van der Waals surface area contributed by atoms with Crippen LogP contribution in [0.15, 0.2) is 0 Å². The first-order valence-electron chi connectivity index (χ1n) is 36.3. The molecule has 0 bridgehead atoms. The van der Waals surface area contributed by atoms with Gasteiger partial charge in [-0.15, -0.1) is 0 Å². The zero-order valence-electron chi connectivity index (χ0n) is 58.1. The maximum Gasteiger partial charge on any atom is 0.472 e. The lowest BCUT2D eigenvalue weighted by atomic mass is 9.99. The van der Waals surface area contributed by atoms with Crippen LogP contribution in [0.4, 0.5) is 0 Å². The zero-order valence-corrected chi connectivity index (χ0v) is 59.8. The van der Waals surface area contributed by atoms with Crippen LogP contribution >= 0.6 is 15.6 Å². The monoisotopic (exact) mass is 1310 g/mol. The van der Waals surface area contributed by atoms with Gasteiger partial charge < -0.3 is 33.8 Å². The number of unbranched alkanes of at least 4 members (excludes halogenated alkanes) is 31. The van der Waals surface area contributed by atoms with Crippen molar-refractivity contribution < 1.29 is 80.2 Å². The number of aliphatic hydroxyl groups excluding tert-OH is 1. The average Bonchev–Trinajstić information content (AvgIpc) is 3.71. The molecule has 7 atom stereocenters. The smallest absolute Gasteiger partial charge is 0.462 e. The highest BCUT2D eigenvalue weighted by atomic mass is 31.2. The second-order valence-electron chi connectivity index (χ2n) is 26.7. The fourth-order valence-electron chi connectivity index (χ4n) is 10.4. The van der Waals surface area contributed by atoms with Gasteiger partial charge >= 0.3 is 39.5 Å². The third kappa shape index (κ3) is 62.0. The van der Waals surface area contributed by atoms with Gasteiger partial charge in [-0.2, -0.15) is 0 Å². The minimum Gasteiger partial charge on any atom is -0.462 e. The van der Waals surface area contributed by atoms with E-state index < -0.39 is 97.5 Å². The molecule has 528 valence electrons. The molecule has 0 spiro atoms. The third-order valence-corrected chi connectivity index (χ3v) is 18.7. The Morgan fingerprint density at radius 1 is 0.315 bits per heavy atom. The maximum atomic E-state index is 13.0. The fourth-order valence-corrected chi connectivity index (χ4v) is 12.0. The van der Waals surface area contributed by atoms with Crippen LogP contribution < -0.4 is 0 Å². The Morgan fingerprint density at radius 3 is 0.798 bits per heavy atom. The highest BCUT2D eigenvalue weighted by molar-refractivity contribution is 7.47. The molecule has 4 unspecified atom stereocenters. The summed E-state index contributed by atoms with van der Waals surface area (Å²) in [7, 11) is -9.90. The quantitative estimate of drug-likeness (QED) is 0.0222. The first-order valence-corrected chi connectivity index (χ1v) is 39.3. The number of phosphoric ester groups is 2. The van der Waals surface area contributed by atoms with Crippen molar-refractivity contribution in [3.63, 3.8) is 0 Å². The van der Waals surface area contributed by atoms with E-state index in [1.54, 1.807) is 0 Å². The van der Waals surface area contributed by atoms with Crippen LogP contribution in [-0.2, 0) is 65.4 Å². The van der Waals surface area contributed by atoms with Crippen molar-refractivity contribution in [1.82, 2.24) is 0 Å². The van der Waals surface area contributed by atoms with E-state index in [1.807, 2.05) is 0 Å². The molecular weight excluding hydrogens is 1170 g/mol. The molecule has 0 aromatic rings. The molecule has 0 saturated heterocycles. The number of carbonyl (C=O) groups excluding carboxylic acids is 4. The number of carbonyl (C=O) groups is 4. The average molecular weight is 1310 g/mol. The Labute approximate surface area is 543 Å². The number of esters is 4. The molecule has 0 aromatic carbocycles. The van der Waals surface area contributed by atoms with Crippen molar-refractivity contribution in [2.45, 2.75) is 363 Å². The van der Waals surface area contributed by atoms with Crippen LogP contribution in [0.3, 0.4) is 0 Å². The second kappa shape index (κ2) is 59.8. The molecule has 0 aliphatic rings. The summed E-state index contributed by atoms with van der Waals surface area (Å²) in [6.45, 7) is 14.1. The zero-order chi connectivity index (χ0) is 66.1. The van der Waals surface area contributed by atoms with E-state index in [0.717, 1.165) is 120 Å². The lowest BCUT2D eigenvalue weighted by molar-refractivity contribution is -0.161. The Morgan fingerprint density at radius 2 is 0.539 bits per heavy atom. The van der Waals surface area contributed by atoms with E-state index in [-0.39, 0.29) is 25.7 Å². The SMILES string of the molecule is CCC(C)CCCCCCCCCCCCC(=O)OC[C@H](COP(=O)(O)OC[C@@H](O)COP(=O)(O)OC[C@@H](COC(=O)CCCCCCCCC(C)CC)OC(=O)CCCCCCCCCCC(C)C)OC(=O)CCCCCCCCCCCCCC(C)C. The van der Waals surface area contributed by atoms with Gasteiger partial charge in [-0.3, -0.25) is 37.3 Å². The number of ether oxygens (including phenoxy) is 4. The number of aliphatic hydroxyl groups is 1. The number of hydrogen-bond acceptors (Lipinski definition) is 15. The molecule has 0 amide bonds. The summed E-state index contributed by atoms with van der Waals surface area (Å²) in [6, 6.07) is 0. The molecule has 3 N–H and O–H groups in total. The molecule has 0 radical (unpaired) electrons. The topological polar surface area (TPSA) is 237 Å². The molecule has 17 nitrogen and oxygen atoms in total. The van der Waals surface area contributed by atoms with E-state index in [9.17, 15) is 43.2 Å². The maximum absolute atomic E-state index is 13.0. The Hall–Kier alpha value is -1.94. The Bertz CT molecular complexity index is 1770. The van der Waals surface area contributed by atoms with Crippen molar-refractivity contribution in [3.05, 3.63) is 0 Å². The first kappa shape index (κ1) is 87.1. The molecular formula is C70H136O17P2. The van der Waals surface area contributed by atoms with Crippen LogP contribution in [0.25, 0.3) is 0 Å². The van der Waals surface area contributed by atoms with Gasteiger partial charge in [-0.1, -0.05) is 293 Å². The van der Waals surface area contributed by atoms with E-state index in [0.29, 0.717) is 25.7 Å². The number of rotatable bonds is 67.